The number of nitrogens with one attached hydrogen (secondary N) is 7. The number of cyclic esters (lactones) is 1. The number of aliphatic hydroxyl groups excluding tert-OH is 2. The number of esters is 1. The maximum Gasteiger partial charge on any atom is 0.329 e. The van der Waals surface area contributed by atoms with Gasteiger partial charge in [-0.1, -0.05) is 145 Å². The van der Waals surface area contributed by atoms with E-state index in [1.165, 1.54) is 13.8 Å². The van der Waals surface area contributed by atoms with Crippen LogP contribution in [0, 0.1) is 59.2 Å². The second kappa shape index (κ2) is 39.0. The Labute approximate surface area is 545 Å². The third-order valence-electron chi connectivity index (χ3n) is 19.1. The van der Waals surface area contributed by atoms with Gasteiger partial charge in [0.05, 0.1) is 43.2 Å². The van der Waals surface area contributed by atoms with Crippen LogP contribution in [0.5, 0.6) is 0 Å². The molecule has 17 atom stereocenters. The van der Waals surface area contributed by atoms with Crippen LogP contribution < -0.4 is 43.0 Å². The number of Topliss-reactive ketones (excluding diaryl/α,β-unsaturated/α-hetero) is 4. The normalized spacial score (nSPS) is 23.0. The lowest BCUT2D eigenvalue weighted by Gasteiger charge is -2.30. The van der Waals surface area contributed by atoms with Crippen LogP contribution >= 0.6 is 0 Å². The molecule has 92 heavy (non-hydrogen) atoms. The van der Waals surface area contributed by atoms with Gasteiger partial charge in [-0.05, 0) is 87.0 Å². The van der Waals surface area contributed by atoms with E-state index in [1.807, 2.05) is 51.1 Å². The van der Waals surface area contributed by atoms with Crippen molar-refractivity contribution in [3.8, 4) is 0 Å². The molecule has 0 bridgehead atoms. The Morgan fingerprint density at radius 2 is 1.27 bits per heavy atom. The topological polar surface area (TPSA) is 365 Å². The van der Waals surface area contributed by atoms with Gasteiger partial charge in [0.25, 0.3) is 0 Å². The summed E-state index contributed by atoms with van der Waals surface area (Å²) in [4.78, 5) is 168. The molecule has 2 unspecified atom stereocenters. The van der Waals surface area contributed by atoms with Gasteiger partial charge in [0.2, 0.25) is 41.4 Å². The van der Waals surface area contributed by atoms with Crippen molar-refractivity contribution < 1.29 is 72.5 Å². The highest BCUT2D eigenvalue weighted by Gasteiger charge is 2.61. The van der Waals surface area contributed by atoms with Crippen LogP contribution in [0.4, 0.5) is 0 Å². The average molecular weight is 1290 g/mol. The van der Waals surface area contributed by atoms with Gasteiger partial charge in [-0.2, -0.15) is 0 Å². The molecule has 1 aromatic rings. The number of ketones is 4. The summed E-state index contributed by atoms with van der Waals surface area (Å²) in [6, 6.07) is 2.94. The summed E-state index contributed by atoms with van der Waals surface area (Å²) in [6.45, 7) is 23.8. The Hall–Kier alpha value is -6.88. The van der Waals surface area contributed by atoms with E-state index < -0.39 is 193 Å². The van der Waals surface area contributed by atoms with Gasteiger partial charge in [-0.25, -0.2) is 4.79 Å². The van der Waals surface area contributed by atoms with Gasteiger partial charge < -0.3 is 57.9 Å². The zero-order valence-electron chi connectivity index (χ0n) is 56.8. The summed E-state index contributed by atoms with van der Waals surface area (Å²) >= 11 is 0. The van der Waals surface area contributed by atoms with Gasteiger partial charge >= 0.3 is 5.97 Å². The van der Waals surface area contributed by atoms with Gasteiger partial charge in [-0.15, -0.1) is 0 Å². The van der Waals surface area contributed by atoms with Gasteiger partial charge in [0, 0.05) is 62.1 Å². The highest BCUT2D eigenvalue weighted by Crippen LogP contribution is 2.47. The number of nitrogens with two attached hydrogens (primary N) is 1. The van der Waals surface area contributed by atoms with Crippen molar-refractivity contribution >= 4 is 70.5 Å². The molecule has 3 rings (SSSR count). The number of amides is 7. The van der Waals surface area contributed by atoms with Crippen LogP contribution in [0.1, 0.15) is 191 Å². The van der Waals surface area contributed by atoms with Crippen LogP contribution in [0.2, 0.25) is 0 Å². The van der Waals surface area contributed by atoms with Crippen LogP contribution in [-0.4, -0.2) is 142 Å². The first-order valence-electron chi connectivity index (χ1n) is 33.6. The van der Waals surface area contributed by atoms with Crippen molar-refractivity contribution in [3.63, 3.8) is 0 Å². The highest BCUT2D eigenvalue weighted by molar-refractivity contribution is 6.01. The Kier molecular flexibility index (Phi) is 33.6. The number of benzene rings is 1. The summed E-state index contributed by atoms with van der Waals surface area (Å²) in [5.41, 5.74) is 5.95. The first kappa shape index (κ1) is 79.4. The lowest BCUT2D eigenvalue weighted by atomic mass is 9.83. The molecule has 23 nitrogen and oxygen atoms in total. The fraction of sp³-hybridized carbons (Fsp3) is 0.710. The number of carbonyl (C=O) groups is 12. The Morgan fingerprint density at radius 3 is 1.80 bits per heavy atom. The van der Waals surface area contributed by atoms with E-state index in [-0.39, 0.29) is 37.0 Å². The first-order valence-corrected chi connectivity index (χ1v) is 33.6. The molecular weight excluding hydrogens is 1180 g/mol. The standard InChI is InChI=1S/C69H110N8O15/c1-14-20-24-44(12)71-30-29-50-36-69(50)68(91)76-60(42(10)18-5)67(90)92-45(13)61(54(81)31-43(11)62(85)77-69)75-65(88)49(38-79)34-56(83)59(41(9)17-4)74-66(89)51(39(7)15-2)35-53(80)52(27-28-57(70)84)72-64(87)48(37-78)33-55(82)58(40(8)16-3)73-63(86)47(19-6)32-46-25-22-21-23-26-46/h21-23,25-26,39-43,45,47-52,58-61,71,78-79H,12,14-20,24,27-38H2,1-11,13H3,(H2,70,84)(H,72,87)(H,73,86)(H,74,89)(H,75,88)(H,76,91)(H,77,85)/t39-,40-,41-,42-,43+,45-,47+,48-,49-,50?,51+,52+,58-,59-,60-,61+,69?/m0/s1. The molecule has 7 amide bonds. The van der Waals surface area contributed by atoms with Crippen molar-refractivity contribution in [1.29, 1.82) is 0 Å². The quantitative estimate of drug-likeness (QED) is 0.0389. The summed E-state index contributed by atoms with van der Waals surface area (Å²) in [7, 11) is 0. The molecule has 23 heteroatoms. The molecule has 11 N–H and O–H groups in total. The minimum absolute atomic E-state index is 0.286. The predicted molar refractivity (Wildman–Crippen MR) is 348 cm³/mol. The highest BCUT2D eigenvalue weighted by atomic mass is 16.5. The third kappa shape index (κ3) is 23.6. The number of allylic oxidation sites excluding steroid dienone is 1. The molecule has 516 valence electrons. The SMILES string of the molecule is C=C(CCCC)NCCC1CC12NC(=O)[C@H](C)CC(=O)[C@H](NC(=O)[C@H](CO)CC(=O)[C@@H](NC(=O)[C@H](CC(=O)[C@@H](CCC(N)=O)NC(=O)[C@H](CO)CC(=O)[C@@H](NC(=O)[C@H](CC)Cc1ccccc1)[C@@H](C)CC)[C@@H](C)CC)[C@@H](C)CC)[C@H](C)OC(=O)[C@H]([C@@H](C)CC)NC2=O. The average Bonchev–Trinajstić information content (AvgIpc) is 1.58. The Balaban J connectivity index is 1.85. The van der Waals surface area contributed by atoms with Crippen molar-refractivity contribution in [2.24, 2.45) is 64.9 Å². The maximum atomic E-state index is 14.6. The van der Waals surface area contributed by atoms with Crippen molar-refractivity contribution in [1.82, 2.24) is 37.2 Å². The molecule has 1 aromatic carbocycles. The molecule has 1 aliphatic heterocycles. The second-order valence-corrected chi connectivity index (χ2v) is 26.2. The fourth-order valence-corrected chi connectivity index (χ4v) is 11.6. The Morgan fingerprint density at radius 1 is 0.707 bits per heavy atom. The Bertz CT molecular complexity index is 2690. The van der Waals surface area contributed by atoms with Gasteiger partial charge in [-0.3, -0.25) is 52.7 Å². The van der Waals surface area contributed by atoms with Crippen molar-refractivity contribution in [2.45, 2.75) is 234 Å². The number of rotatable bonds is 40. The van der Waals surface area contributed by atoms with E-state index in [2.05, 4.69) is 50.7 Å². The van der Waals surface area contributed by atoms with Crippen LogP contribution in [-0.2, 0) is 68.7 Å². The summed E-state index contributed by atoms with van der Waals surface area (Å²) in [5.74, 6) is -16.0. The molecule has 1 saturated heterocycles. The number of ether oxygens (including phenoxy) is 1. The molecule has 1 aliphatic carbocycles. The van der Waals surface area contributed by atoms with E-state index in [1.54, 1.807) is 41.5 Å². The lowest BCUT2D eigenvalue weighted by Crippen LogP contribution is -2.57. The zero-order valence-corrected chi connectivity index (χ0v) is 56.8. The predicted octanol–water partition coefficient (Wildman–Crippen LogP) is 4.94. The zero-order chi connectivity index (χ0) is 69.2. The number of primary amides is 1. The number of unbranched alkanes of at least 4 members (excludes halogenated alkanes) is 1. The second-order valence-electron chi connectivity index (χ2n) is 26.2. The van der Waals surface area contributed by atoms with E-state index in [4.69, 9.17) is 10.5 Å². The van der Waals surface area contributed by atoms with E-state index >= 15 is 0 Å². The number of aliphatic hydroxyl groups is 2. The molecule has 1 saturated carbocycles. The van der Waals surface area contributed by atoms with E-state index in [9.17, 15) is 67.7 Å². The van der Waals surface area contributed by atoms with Gasteiger partial charge in [0.15, 0.2) is 23.1 Å². The monoisotopic (exact) mass is 1290 g/mol. The molecule has 0 aromatic heterocycles. The minimum atomic E-state index is -1.59. The largest absolute Gasteiger partial charge is 0.458 e. The number of hydrogen-bond donors (Lipinski definition) is 10. The van der Waals surface area contributed by atoms with Gasteiger partial charge in [0.1, 0.15) is 23.7 Å². The van der Waals surface area contributed by atoms with Crippen LogP contribution in [0.25, 0.3) is 0 Å². The molecule has 1 heterocycles. The van der Waals surface area contributed by atoms with E-state index in [0.717, 1.165) is 30.5 Å². The molecular formula is C69H110N8O15. The number of hydrogen-bond acceptors (Lipinski definition) is 16. The van der Waals surface area contributed by atoms with Crippen molar-refractivity contribution in [2.75, 3.05) is 19.8 Å². The molecule has 2 aliphatic rings. The first-order chi connectivity index (χ1) is 43.5. The summed E-state index contributed by atoms with van der Waals surface area (Å²) < 4.78 is 5.88. The minimum Gasteiger partial charge on any atom is -0.458 e. The fourth-order valence-electron chi connectivity index (χ4n) is 11.6. The van der Waals surface area contributed by atoms with E-state index in [0.29, 0.717) is 51.5 Å². The third-order valence-corrected chi connectivity index (χ3v) is 19.1. The molecule has 0 radical (unpaired) electrons. The number of carbonyl (C=O) groups excluding carboxylic acids is 12. The molecule has 1 spiro atoms. The summed E-state index contributed by atoms with van der Waals surface area (Å²) in [5, 5.41) is 41.2. The van der Waals surface area contributed by atoms with Crippen LogP contribution in [0.15, 0.2) is 42.6 Å². The smallest absolute Gasteiger partial charge is 0.329 e. The van der Waals surface area contributed by atoms with Crippen molar-refractivity contribution in [3.05, 3.63) is 48.2 Å². The lowest BCUT2D eigenvalue weighted by molar-refractivity contribution is -0.157. The maximum absolute atomic E-state index is 14.6. The van der Waals surface area contributed by atoms with Crippen LogP contribution in [0.3, 0.4) is 0 Å². The molecule has 2 fully saturated rings. The summed E-state index contributed by atoms with van der Waals surface area (Å²) in [6.07, 6.45) is 1.95.